The lowest BCUT2D eigenvalue weighted by Crippen LogP contribution is -2.04. The van der Waals surface area contributed by atoms with Crippen LogP contribution in [0.4, 0.5) is 0 Å². The number of benzene rings is 1. The molecule has 0 unspecified atom stereocenters. The molecule has 0 spiro atoms. The van der Waals surface area contributed by atoms with Crippen LogP contribution < -0.4 is 4.74 Å². The second-order valence-electron chi connectivity index (χ2n) is 4.90. The van der Waals surface area contributed by atoms with Crippen LogP contribution in [0.15, 0.2) is 36.5 Å². The van der Waals surface area contributed by atoms with Gasteiger partial charge in [0.25, 0.3) is 0 Å². The van der Waals surface area contributed by atoms with Crippen LogP contribution in [0.3, 0.4) is 0 Å². The number of halogens is 1. The van der Waals surface area contributed by atoms with Crippen LogP contribution in [0.5, 0.6) is 5.88 Å². The molecule has 108 valence electrons. The number of para-hydroxylation sites is 1. The zero-order valence-corrected chi connectivity index (χ0v) is 12.8. The van der Waals surface area contributed by atoms with E-state index in [-0.39, 0.29) is 0 Å². The Kier molecular flexibility index (Phi) is 3.80. The van der Waals surface area contributed by atoms with Crippen molar-refractivity contribution in [3.63, 3.8) is 0 Å². The van der Waals surface area contributed by atoms with E-state index in [2.05, 4.69) is 33.6 Å². The summed E-state index contributed by atoms with van der Waals surface area (Å²) in [6.45, 7) is 2.76. The molecule has 1 aromatic carbocycles. The fraction of sp³-hybridized carbons (Fsp3) is 0.250. The van der Waals surface area contributed by atoms with E-state index in [4.69, 9.17) is 16.3 Å². The fourth-order valence-electron chi connectivity index (χ4n) is 2.42. The van der Waals surface area contributed by atoms with Gasteiger partial charge in [-0.1, -0.05) is 18.2 Å². The van der Waals surface area contributed by atoms with Crippen LogP contribution in [0.1, 0.15) is 17.0 Å². The minimum Gasteiger partial charge on any atom is -0.481 e. The number of nitrogens with zero attached hydrogens (tertiary/aromatic N) is 3. The van der Waals surface area contributed by atoms with Crippen LogP contribution in [-0.2, 0) is 12.4 Å². The van der Waals surface area contributed by atoms with Crippen molar-refractivity contribution in [2.45, 2.75) is 19.3 Å². The van der Waals surface area contributed by atoms with E-state index in [0.29, 0.717) is 18.3 Å². The molecule has 0 bridgehead atoms. The smallest absolute Gasteiger partial charge is 0.212 e. The Labute approximate surface area is 128 Å². The summed E-state index contributed by atoms with van der Waals surface area (Å²) in [6.07, 6.45) is 1.82. The van der Waals surface area contributed by atoms with E-state index in [1.165, 1.54) is 0 Å². The van der Waals surface area contributed by atoms with Gasteiger partial charge in [0.2, 0.25) is 5.88 Å². The molecule has 2 heterocycles. The first kappa shape index (κ1) is 13.9. The number of hydrogen-bond acceptors (Lipinski definition) is 3. The third-order valence-electron chi connectivity index (χ3n) is 3.53. The molecule has 0 saturated heterocycles. The van der Waals surface area contributed by atoms with E-state index in [0.717, 1.165) is 28.0 Å². The molecule has 0 aliphatic rings. The molecule has 0 aliphatic heterocycles. The molecule has 2 aromatic heterocycles. The molecular formula is C16H16ClN3O. The van der Waals surface area contributed by atoms with Crippen molar-refractivity contribution in [3.05, 3.63) is 53.5 Å². The van der Waals surface area contributed by atoms with Gasteiger partial charge in [0.15, 0.2) is 0 Å². The minimum absolute atomic E-state index is 0.387. The number of pyridine rings is 1. The maximum atomic E-state index is 6.05. The number of methoxy groups -OCH3 is 1. The predicted molar refractivity (Wildman–Crippen MR) is 83.9 cm³/mol. The van der Waals surface area contributed by atoms with Gasteiger partial charge in [0.1, 0.15) is 5.82 Å². The predicted octanol–water partition coefficient (Wildman–Crippen LogP) is 3.54. The van der Waals surface area contributed by atoms with Gasteiger partial charge in [-0.25, -0.2) is 9.97 Å². The second kappa shape index (κ2) is 5.74. The van der Waals surface area contributed by atoms with Crippen LogP contribution in [0.25, 0.3) is 11.0 Å². The molecule has 0 atom stereocenters. The molecule has 0 N–H and O–H groups in total. The molecule has 5 heteroatoms. The Morgan fingerprint density at radius 2 is 2.10 bits per heavy atom. The molecule has 3 aromatic rings. The number of rotatable bonds is 4. The van der Waals surface area contributed by atoms with Gasteiger partial charge in [-0.2, -0.15) is 0 Å². The quantitative estimate of drug-likeness (QED) is 0.692. The SMILES string of the molecule is COc1ccc(Cn2c(CCl)nc3c(C)cccc32)cn1. The van der Waals surface area contributed by atoms with Crippen molar-refractivity contribution >= 4 is 22.6 Å². The fourth-order valence-corrected chi connectivity index (χ4v) is 2.63. The second-order valence-corrected chi connectivity index (χ2v) is 5.17. The van der Waals surface area contributed by atoms with Gasteiger partial charge in [0.05, 0.1) is 30.6 Å². The Morgan fingerprint density at radius 3 is 2.76 bits per heavy atom. The molecular weight excluding hydrogens is 286 g/mol. The zero-order valence-electron chi connectivity index (χ0n) is 12.0. The summed E-state index contributed by atoms with van der Waals surface area (Å²) in [5, 5.41) is 0. The normalized spacial score (nSPS) is 11.0. The zero-order chi connectivity index (χ0) is 14.8. The standard InChI is InChI=1S/C16H16ClN3O/c1-11-4-3-5-13-16(11)19-14(8-17)20(13)10-12-6-7-15(21-2)18-9-12/h3-7,9H,8,10H2,1-2H3. The maximum absolute atomic E-state index is 6.05. The van der Waals surface area contributed by atoms with Crippen LogP contribution in [-0.4, -0.2) is 21.6 Å². The van der Waals surface area contributed by atoms with Crippen molar-refractivity contribution in [2.75, 3.05) is 7.11 Å². The number of imidazole rings is 1. The largest absolute Gasteiger partial charge is 0.481 e. The number of ether oxygens (including phenoxy) is 1. The van der Waals surface area contributed by atoms with Crippen LogP contribution >= 0.6 is 11.6 Å². The lowest BCUT2D eigenvalue weighted by molar-refractivity contribution is 0.397. The summed E-state index contributed by atoms with van der Waals surface area (Å²) >= 11 is 6.05. The number of alkyl halides is 1. The van der Waals surface area contributed by atoms with Crippen molar-refractivity contribution in [1.82, 2.24) is 14.5 Å². The molecule has 0 amide bonds. The first-order valence-corrected chi connectivity index (χ1v) is 7.26. The highest BCUT2D eigenvalue weighted by molar-refractivity contribution is 6.16. The van der Waals surface area contributed by atoms with Gasteiger partial charge < -0.3 is 9.30 Å². The van der Waals surface area contributed by atoms with Gasteiger partial charge >= 0.3 is 0 Å². The van der Waals surface area contributed by atoms with Crippen LogP contribution in [0, 0.1) is 6.92 Å². The molecule has 0 radical (unpaired) electrons. The van der Waals surface area contributed by atoms with Crippen molar-refractivity contribution < 1.29 is 4.74 Å². The molecule has 4 nitrogen and oxygen atoms in total. The first-order chi connectivity index (χ1) is 10.2. The summed E-state index contributed by atoms with van der Waals surface area (Å²) in [4.78, 5) is 8.89. The summed E-state index contributed by atoms with van der Waals surface area (Å²) < 4.78 is 7.22. The molecule has 21 heavy (non-hydrogen) atoms. The van der Waals surface area contributed by atoms with Gasteiger partial charge in [-0.05, 0) is 24.1 Å². The van der Waals surface area contributed by atoms with Crippen LogP contribution in [0.2, 0.25) is 0 Å². The van der Waals surface area contributed by atoms with Gasteiger partial charge in [-0.3, -0.25) is 0 Å². The highest BCUT2D eigenvalue weighted by Crippen LogP contribution is 2.22. The maximum Gasteiger partial charge on any atom is 0.212 e. The molecule has 0 fully saturated rings. The third kappa shape index (κ3) is 2.59. The van der Waals surface area contributed by atoms with E-state index in [1.54, 1.807) is 7.11 Å². The lowest BCUT2D eigenvalue weighted by Gasteiger charge is -2.08. The summed E-state index contributed by atoms with van der Waals surface area (Å²) in [5.74, 6) is 1.87. The monoisotopic (exact) mass is 301 g/mol. The number of hydrogen-bond donors (Lipinski definition) is 0. The molecule has 0 saturated carbocycles. The van der Waals surface area contributed by atoms with Gasteiger partial charge in [-0.15, -0.1) is 11.6 Å². The van der Waals surface area contributed by atoms with E-state index in [9.17, 15) is 0 Å². The average molecular weight is 302 g/mol. The first-order valence-electron chi connectivity index (χ1n) is 6.72. The molecule has 0 aliphatic carbocycles. The van der Waals surface area contributed by atoms with E-state index in [1.807, 2.05) is 24.4 Å². The third-order valence-corrected chi connectivity index (χ3v) is 3.77. The number of aromatic nitrogens is 3. The number of fused-ring (bicyclic) bond motifs is 1. The lowest BCUT2D eigenvalue weighted by atomic mass is 10.2. The minimum atomic E-state index is 0.387. The molecule has 3 rings (SSSR count). The highest BCUT2D eigenvalue weighted by atomic mass is 35.5. The highest BCUT2D eigenvalue weighted by Gasteiger charge is 2.11. The number of aryl methyl sites for hydroxylation is 1. The summed E-state index contributed by atoms with van der Waals surface area (Å²) in [7, 11) is 1.61. The summed E-state index contributed by atoms with van der Waals surface area (Å²) in [6, 6.07) is 10.0. The Balaban J connectivity index is 2.04. The Bertz CT molecular complexity index is 765. The topological polar surface area (TPSA) is 39.9 Å². The Morgan fingerprint density at radius 1 is 1.24 bits per heavy atom. The average Bonchev–Trinajstić information content (AvgIpc) is 2.87. The van der Waals surface area contributed by atoms with Crippen molar-refractivity contribution in [1.29, 1.82) is 0 Å². The Hall–Kier alpha value is -2.07. The van der Waals surface area contributed by atoms with E-state index < -0.39 is 0 Å². The van der Waals surface area contributed by atoms with Gasteiger partial charge in [0, 0.05) is 12.3 Å². The van der Waals surface area contributed by atoms with E-state index >= 15 is 0 Å². The van der Waals surface area contributed by atoms with Crippen molar-refractivity contribution in [3.8, 4) is 5.88 Å². The summed E-state index contributed by atoms with van der Waals surface area (Å²) in [5.41, 5.74) is 4.35. The van der Waals surface area contributed by atoms with Crippen molar-refractivity contribution in [2.24, 2.45) is 0 Å².